The highest BCUT2D eigenvalue weighted by Crippen LogP contribution is 2.29. The van der Waals surface area contributed by atoms with Crippen molar-refractivity contribution >= 4 is 34.2 Å². The Morgan fingerprint density at radius 2 is 2.29 bits per heavy atom. The first kappa shape index (κ1) is 10.9. The van der Waals surface area contributed by atoms with E-state index in [9.17, 15) is 0 Å². The number of aromatic nitrogens is 1. The topological polar surface area (TPSA) is 26.0 Å². The molecule has 1 aromatic carbocycles. The van der Waals surface area contributed by atoms with Crippen LogP contribution < -0.4 is 0 Å². The van der Waals surface area contributed by atoms with Gasteiger partial charge in [-0.1, -0.05) is 13.0 Å². The Bertz CT molecular complexity index is 628. The molecule has 2 nitrogen and oxygen atoms in total. The molecular weight excluding hydrogens is 250 g/mol. The zero-order valence-corrected chi connectivity index (χ0v) is 11.0. The second-order valence-electron chi connectivity index (χ2n) is 3.56. The molecular formula is C13H11NOS2. The van der Waals surface area contributed by atoms with E-state index < -0.39 is 0 Å². The molecule has 0 aliphatic heterocycles. The van der Waals surface area contributed by atoms with Crippen LogP contribution in [0.2, 0.25) is 0 Å². The molecule has 0 amide bonds. The van der Waals surface area contributed by atoms with Crippen molar-refractivity contribution in [2.24, 2.45) is 0 Å². The van der Waals surface area contributed by atoms with Crippen molar-refractivity contribution in [1.82, 2.24) is 4.98 Å². The third-order valence-electron chi connectivity index (χ3n) is 2.40. The predicted octanol–water partition coefficient (Wildman–Crippen LogP) is 4.67. The first-order valence-corrected chi connectivity index (χ1v) is 7.30. The average molecular weight is 261 g/mol. The molecule has 0 fully saturated rings. The molecule has 0 saturated carbocycles. The van der Waals surface area contributed by atoms with Gasteiger partial charge in [0.2, 0.25) is 5.89 Å². The molecule has 0 atom stereocenters. The molecule has 17 heavy (non-hydrogen) atoms. The molecule has 0 saturated heterocycles. The van der Waals surface area contributed by atoms with Gasteiger partial charge in [-0.05, 0) is 35.4 Å². The van der Waals surface area contributed by atoms with Crippen molar-refractivity contribution in [3.05, 3.63) is 35.7 Å². The minimum atomic E-state index is 0.716. The van der Waals surface area contributed by atoms with Crippen LogP contribution in [0.3, 0.4) is 0 Å². The molecule has 4 heteroatoms. The molecule has 2 heterocycles. The molecule has 0 spiro atoms. The maximum absolute atomic E-state index is 5.74. The van der Waals surface area contributed by atoms with Crippen molar-refractivity contribution in [1.29, 1.82) is 0 Å². The molecule has 3 rings (SSSR count). The Hall–Kier alpha value is -1.26. The number of rotatable bonds is 3. The summed E-state index contributed by atoms with van der Waals surface area (Å²) in [5.41, 5.74) is 1.79. The van der Waals surface area contributed by atoms with Crippen LogP contribution in [0.1, 0.15) is 6.92 Å². The Kier molecular flexibility index (Phi) is 2.91. The predicted molar refractivity (Wildman–Crippen MR) is 73.7 cm³/mol. The summed E-state index contributed by atoms with van der Waals surface area (Å²) in [7, 11) is 0. The van der Waals surface area contributed by atoms with Crippen molar-refractivity contribution in [3.63, 3.8) is 0 Å². The van der Waals surface area contributed by atoms with Gasteiger partial charge in [-0.15, -0.1) is 23.1 Å². The van der Waals surface area contributed by atoms with Crippen LogP contribution in [0, 0.1) is 0 Å². The fourth-order valence-corrected chi connectivity index (χ4v) is 3.01. The highest BCUT2D eigenvalue weighted by Gasteiger charge is 2.09. The lowest BCUT2D eigenvalue weighted by Crippen LogP contribution is -1.74. The summed E-state index contributed by atoms with van der Waals surface area (Å²) in [6.07, 6.45) is 0. The van der Waals surface area contributed by atoms with Gasteiger partial charge in [-0.2, -0.15) is 0 Å². The van der Waals surface area contributed by atoms with E-state index in [1.165, 1.54) is 4.90 Å². The minimum Gasteiger partial charge on any atom is -0.435 e. The zero-order valence-electron chi connectivity index (χ0n) is 9.34. The standard InChI is InChI=1S/C13H11NOS2/c1-2-16-9-5-6-11-10(8-9)14-13(15-11)12-4-3-7-17-12/h3-8H,2H2,1H3. The molecule has 0 bridgehead atoms. The van der Waals surface area contributed by atoms with Gasteiger partial charge in [0.1, 0.15) is 5.52 Å². The number of nitrogens with zero attached hydrogens (tertiary/aromatic N) is 1. The lowest BCUT2D eigenvalue weighted by atomic mass is 10.3. The van der Waals surface area contributed by atoms with Crippen molar-refractivity contribution < 1.29 is 4.42 Å². The van der Waals surface area contributed by atoms with Gasteiger partial charge in [-0.3, -0.25) is 0 Å². The monoisotopic (exact) mass is 261 g/mol. The van der Waals surface area contributed by atoms with Crippen LogP contribution >= 0.6 is 23.1 Å². The zero-order chi connectivity index (χ0) is 11.7. The van der Waals surface area contributed by atoms with E-state index >= 15 is 0 Å². The number of thiophene rings is 1. The number of hydrogen-bond acceptors (Lipinski definition) is 4. The smallest absolute Gasteiger partial charge is 0.237 e. The molecule has 0 aliphatic rings. The van der Waals surface area contributed by atoms with Crippen molar-refractivity contribution in [2.45, 2.75) is 11.8 Å². The summed E-state index contributed by atoms with van der Waals surface area (Å²) in [5, 5.41) is 2.03. The first-order valence-electron chi connectivity index (χ1n) is 5.44. The summed E-state index contributed by atoms with van der Waals surface area (Å²) < 4.78 is 5.74. The van der Waals surface area contributed by atoms with Gasteiger partial charge in [0.05, 0.1) is 4.88 Å². The Morgan fingerprint density at radius 1 is 1.35 bits per heavy atom. The summed E-state index contributed by atoms with van der Waals surface area (Å²) in [6, 6.07) is 10.2. The van der Waals surface area contributed by atoms with Gasteiger partial charge in [0.15, 0.2) is 5.58 Å². The van der Waals surface area contributed by atoms with Gasteiger partial charge in [0.25, 0.3) is 0 Å². The minimum absolute atomic E-state index is 0.716. The van der Waals surface area contributed by atoms with Crippen molar-refractivity contribution in [3.8, 4) is 10.8 Å². The maximum Gasteiger partial charge on any atom is 0.237 e. The normalized spacial score (nSPS) is 11.1. The highest BCUT2D eigenvalue weighted by atomic mass is 32.2. The molecule has 0 unspecified atom stereocenters. The third-order valence-corrected chi connectivity index (χ3v) is 4.14. The highest BCUT2D eigenvalue weighted by molar-refractivity contribution is 7.99. The Balaban J connectivity index is 2.07. The quantitative estimate of drug-likeness (QED) is 0.641. The number of oxazole rings is 1. The average Bonchev–Trinajstić information content (AvgIpc) is 2.97. The van der Waals surface area contributed by atoms with Gasteiger partial charge in [0, 0.05) is 4.90 Å². The van der Waals surface area contributed by atoms with Gasteiger partial charge >= 0.3 is 0 Å². The van der Waals surface area contributed by atoms with E-state index in [1.807, 2.05) is 35.3 Å². The first-order chi connectivity index (χ1) is 8.36. The summed E-state index contributed by atoms with van der Waals surface area (Å²) in [6.45, 7) is 2.15. The Morgan fingerprint density at radius 3 is 3.06 bits per heavy atom. The van der Waals surface area contributed by atoms with E-state index in [0.29, 0.717) is 5.89 Å². The summed E-state index contributed by atoms with van der Waals surface area (Å²) >= 11 is 3.46. The largest absolute Gasteiger partial charge is 0.435 e. The van der Waals surface area contributed by atoms with Crippen LogP contribution in [-0.2, 0) is 0 Å². The van der Waals surface area contributed by atoms with Crippen LogP contribution in [0.25, 0.3) is 21.9 Å². The second-order valence-corrected chi connectivity index (χ2v) is 5.84. The van der Waals surface area contributed by atoms with E-state index in [0.717, 1.165) is 21.7 Å². The molecule has 2 aromatic heterocycles. The number of fused-ring (bicyclic) bond motifs is 1. The van der Waals surface area contributed by atoms with Crippen LogP contribution in [0.5, 0.6) is 0 Å². The van der Waals surface area contributed by atoms with E-state index in [4.69, 9.17) is 4.42 Å². The van der Waals surface area contributed by atoms with Gasteiger partial charge in [-0.25, -0.2) is 4.98 Å². The summed E-state index contributed by atoms with van der Waals surface area (Å²) in [5.74, 6) is 1.79. The lowest BCUT2D eigenvalue weighted by Gasteiger charge is -1.95. The number of benzene rings is 1. The van der Waals surface area contributed by atoms with E-state index in [1.54, 1.807) is 11.3 Å². The molecule has 0 radical (unpaired) electrons. The maximum atomic E-state index is 5.74. The Labute approximate surface area is 108 Å². The molecule has 0 aliphatic carbocycles. The van der Waals surface area contributed by atoms with Crippen LogP contribution in [-0.4, -0.2) is 10.7 Å². The van der Waals surface area contributed by atoms with E-state index in [2.05, 4.69) is 24.0 Å². The second kappa shape index (κ2) is 4.55. The van der Waals surface area contributed by atoms with Gasteiger partial charge < -0.3 is 4.42 Å². The fraction of sp³-hybridized carbons (Fsp3) is 0.154. The van der Waals surface area contributed by atoms with Crippen molar-refractivity contribution in [2.75, 3.05) is 5.75 Å². The van der Waals surface area contributed by atoms with E-state index in [-0.39, 0.29) is 0 Å². The fourth-order valence-electron chi connectivity index (χ4n) is 1.67. The molecule has 3 aromatic rings. The van der Waals surface area contributed by atoms with Crippen LogP contribution in [0.4, 0.5) is 0 Å². The van der Waals surface area contributed by atoms with Crippen LogP contribution in [0.15, 0.2) is 45.0 Å². The molecule has 0 N–H and O–H groups in total. The number of thioether (sulfide) groups is 1. The summed E-state index contributed by atoms with van der Waals surface area (Å²) in [4.78, 5) is 6.85. The lowest BCUT2D eigenvalue weighted by molar-refractivity contribution is 0.621. The number of hydrogen-bond donors (Lipinski definition) is 0. The molecule has 86 valence electrons. The third kappa shape index (κ3) is 2.10. The SMILES string of the molecule is CCSc1ccc2oc(-c3cccs3)nc2c1.